The third-order valence-corrected chi connectivity index (χ3v) is 2.84. The van der Waals surface area contributed by atoms with Crippen LogP contribution in [0.2, 0.25) is 0 Å². The fourth-order valence-electron chi connectivity index (χ4n) is 1.54. The van der Waals surface area contributed by atoms with Crippen LogP contribution in [-0.2, 0) is 0 Å². The minimum Gasteiger partial charge on any atom is -0.265 e. The van der Waals surface area contributed by atoms with E-state index in [0.29, 0.717) is 0 Å². The van der Waals surface area contributed by atoms with Crippen LogP contribution in [0.3, 0.4) is 0 Å². The van der Waals surface area contributed by atoms with Gasteiger partial charge in [0, 0.05) is 12.4 Å². The van der Waals surface area contributed by atoms with Gasteiger partial charge in [0.25, 0.3) is 0 Å². The van der Waals surface area contributed by atoms with Crippen molar-refractivity contribution >= 4 is 6.21 Å². The molecular formula is C16H19N. The van der Waals surface area contributed by atoms with Gasteiger partial charge in [-0.2, -0.15) is 0 Å². The van der Waals surface area contributed by atoms with Gasteiger partial charge in [-0.05, 0) is 48.1 Å². The van der Waals surface area contributed by atoms with E-state index in [4.69, 9.17) is 0 Å². The molecule has 0 aromatic rings. The van der Waals surface area contributed by atoms with Gasteiger partial charge in [-0.1, -0.05) is 38.0 Å². The van der Waals surface area contributed by atoms with Crippen molar-refractivity contribution in [3.8, 4) is 0 Å². The third kappa shape index (κ3) is 3.56. The van der Waals surface area contributed by atoms with Gasteiger partial charge in [-0.25, -0.2) is 0 Å². The summed E-state index contributed by atoms with van der Waals surface area (Å²) in [5.74, 6) is 0. The monoisotopic (exact) mass is 225 g/mol. The summed E-state index contributed by atoms with van der Waals surface area (Å²) in [4.78, 5) is 3.97. The molecular weight excluding hydrogens is 206 g/mol. The second-order valence-electron chi connectivity index (χ2n) is 4.10. The van der Waals surface area contributed by atoms with E-state index in [1.54, 1.807) is 6.21 Å². The molecule has 1 rings (SSSR count). The van der Waals surface area contributed by atoms with E-state index in [2.05, 4.69) is 49.9 Å². The number of hydrogen-bond acceptors (Lipinski definition) is 1. The van der Waals surface area contributed by atoms with Crippen molar-refractivity contribution in [2.75, 3.05) is 0 Å². The molecule has 1 aliphatic carbocycles. The molecule has 0 spiro atoms. The average molecular weight is 225 g/mol. The van der Waals surface area contributed by atoms with Crippen LogP contribution >= 0.6 is 0 Å². The van der Waals surface area contributed by atoms with Crippen LogP contribution < -0.4 is 0 Å². The van der Waals surface area contributed by atoms with Gasteiger partial charge in [0.05, 0.1) is 0 Å². The summed E-state index contributed by atoms with van der Waals surface area (Å²) < 4.78 is 0. The van der Waals surface area contributed by atoms with Gasteiger partial charge in [0.1, 0.15) is 0 Å². The SMILES string of the molecule is C=CN=CC(=C)C(C)=CC1=C(C)C(=C)CC=C1. The summed E-state index contributed by atoms with van der Waals surface area (Å²) in [6.07, 6.45) is 10.6. The zero-order valence-corrected chi connectivity index (χ0v) is 10.7. The smallest absolute Gasteiger partial charge is 0.0336 e. The van der Waals surface area contributed by atoms with E-state index in [-0.39, 0.29) is 0 Å². The molecule has 0 heterocycles. The van der Waals surface area contributed by atoms with Crippen LogP contribution in [0.25, 0.3) is 0 Å². The minimum atomic E-state index is 0.898. The summed E-state index contributed by atoms with van der Waals surface area (Å²) in [6, 6.07) is 0. The lowest BCUT2D eigenvalue weighted by molar-refractivity contribution is 1.17. The fourth-order valence-corrected chi connectivity index (χ4v) is 1.54. The van der Waals surface area contributed by atoms with Crippen LogP contribution in [-0.4, -0.2) is 6.21 Å². The Kier molecular flexibility index (Phi) is 4.65. The van der Waals surface area contributed by atoms with Crippen molar-refractivity contribution in [2.45, 2.75) is 20.3 Å². The Morgan fingerprint density at radius 2 is 2.18 bits per heavy atom. The highest BCUT2D eigenvalue weighted by Gasteiger charge is 2.06. The maximum absolute atomic E-state index is 4.05. The maximum Gasteiger partial charge on any atom is 0.0336 e. The Morgan fingerprint density at radius 1 is 1.47 bits per heavy atom. The summed E-state index contributed by atoms with van der Waals surface area (Å²) >= 11 is 0. The first-order chi connectivity index (χ1) is 8.06. The number of rotatable bonds is 4. The van der Waals surface area contributed by atoms with Crippen molar-refractivity contribution in [1.29, 1.82) is 0 Å². The molecule has 1 nitrogen and oxygen atoms in total. The van der Waals surface area contributed by atoms with E-state index >= 15 is 0 Å². The largest absolute Gasteiger partial charge is 0.265 e. The van der Waals surface area contributed by atoms with Crippen molar-refractivity contribution in [1.82, 2.24) is 0 Å². The summed E-state index contributed by atoms with van der Waals surface area (Å²) in [5.41, 5.74) is 5.63. The van der Waals surface area contributed by atoms with Gasteiger partial charge in [0.2, 0.25) is 0 Å². The van der Waals surface area contributed by atoms with Crippen molar-refractivity contribution in [2.24, 2.45) is 4.99 Å². The van der Waals surface area contributed by atoms with Crippen LogP contribution in [0.15, 0.2) is 77.0 Å². The predicted octanol–water partition coefficient (Wildman–Crippen LogP) is 4.54. The molecule has 17 heavy (non-hydrogen) atoms. The Labute approximate surface area is 104 Å². The maximum atomic E-state index is 4.05. The first-order valence-corrected chi connectivity index (χ1v) is 5.63. The van der Waals surface area contributed by atoms with Crippen molar-refractivity contribution < 1.29 is 0 Å². The second-order valence-corrected chi connectivity index (χ2v) is 4.10. The molecule has 0 aliphatic heterocycles. The number of hydrogen-bond donors (Lipinski definition) is 0. The highest BCUT2D eigenvalue weighted by atomic mass is 14.7. The molecule has 0 radical (unpaired) electrons. The molecule has 0 unspecified atom stereocenters. The molecule has 0 saturated carbocycles. The van der Waals surface area contributed by atoms with Gasteiger partial charge >= 0.3 is 0 Å². The molecule has 0 N–H and O–H groups in total. The lowest BCUT2D eigenvalue weighted by Crippen LogP contribution is -1.94. The number of aliphatic imine (C=N–C) groups is 1. The third-order valence-electron chi connectivity index (χ3n) is 2.84. The van der Waals surface area contributed by atoms with E-state index in [0.717, 1.165) is 17.6 Å². The van der Waals surface area contributed by atoms with Crippen LogP contribution in [0, 0.1) is 0 Å². The minimum absolute atomic E-state index is 0.898. The summed E-state index contributed by atoms with van der Waals surface area (Å²) in [5, 5.41) is 0. The Hall–Kier alpha value is -1.89. The lowest BCUT2D eigenvalue weighted by Gasteiger charge is -2.13. The van der Waals surface area contributed by atoms with Gasteiger partial charge in [-0.3, -0.25) is 4.99 Å². The van der Waals surface area contributed by atoms with Crippen LogP contribution in [0.4, 0.5) is 0 Å². The first-order valence-electron chi connectivity index (χ1n) is 5.63. The predicted molar refractivity (Wildman–Crippen MR) is 77.2 cm³/mol. The summed E-state index contributed by atoms with van der Waals surface area (Å²) in [6.45, 7) is 15.7. The molecule has 0 aromatic heterocycles. The molecule has 1 heteroatoms. The first kappa shape index (κ1) is 13.2. The van der Waals surface area contributed by atoms with Crippen LogP contribution in [0.1, 0.15) is 20.3 Å². The molecule has 0 amide bonds. The fraction of sp³-hybridized carbons (Fsp3) is 0.188. The van der Waals surface area contributed by atoms with E-state index in [1.165, 1.54) is 22.9 Å². The van der Waals surface area contributed by atoms with Gasteiger partial charge in [-0.15, -0.1) is 0 Å². The Balaban J connectivity index is 2.96. The van der Waals surface area contributed by atoms with E-state index in [9.17, 15) is 0 Å². The van der Waals surface area contributed by atoms with Gasteiger partial charge in [0.15, 0.2) is 0 Å². The van der Waals surface area contributed by atoms with Crippen molar-refractivity contribution in [3.05, 3.63) is 72.0 Å². The quantitative estimate of drug-likeness (QED) is 0.492. The molecule has 0 atom stereocenters. The second kappa shape index (κ2) is 6.00. The van der Waals surface area contributed by atoms with Crippen LogP contribution in [0.5, 0.6) is 0 Å². The molecule has 0 aromatic carbocycles. The van der Waals surface area contributed by atoms with Gasteiger partial charge < -0.3 is 0 Å². The molecule has 0 fully saturated rings. The van der Waals surface area contributed by atoms with E-state index < -0.39 is 0 Å². The number of nitrogens with zero attached hydrogens (tertiary/aromatic N) is 1. The lowest BCUT2D eigenvalue weighted by atomic mass is 9.93. The molecule has 1 aliphatic rings. The molecule has 0 bridgehead atoms. The highest BCUT2D eigenvalue weighted by molar-refractivity contribution is 5.84. The highest BCUT2D eigenvalue weighted by Crippen LogP contribution is 2.25. The standard InChI is InChI=1S/C16H19N/c1-6-17-11-14(4)13(3)10-16-9-7-8-12(2)15(16)5/h6-7,9-11H,1-2,4,8H2,3,5H3. The Morgan fingerprint density at radius 3 is 2.82 bits per heavy atom. The average Bonchev–Trinajstić information content (AvgIpc) is 2.31. The van der Waals surface area contributed by atoms with Crippen molar-refractivity contribution in [3.63, 3.8) is 0 Å². The Bertz CT molecular complexity index is 468. The molecule has 88 valence electrons. The molecule has 0 saturated heterocycles. The summed E-state index contributed by atoms with van der Waals surface area (Å²) in [7, 11) is 0. The topological polar surface area (TPSA) is 12.4 Å². The zero-order chi connectivity index (χ0) is 12.8. The zero-order valence-electron chi connectivity index (χ0n) is 10.7. The van der Waals surface area contributed by atoms with E-state index in [1.807, 2.05) is 6.92 Å². The number of allylic oxidation sites excluding steroid dienone is 8. The normalized spacial score (nSPS) is 16.8.